The monoisotopic (exact) mass is 283 g/mol. The third-order valence-electron chi connectivity index (χ3n) is 3.90. The summed E-state index contributed by atoms with van der Waals surface area (Å²) in [6.45, 7) is 4.44. The number of aliphatic carboxylic acids is 1. The molecule has 2 saturated heterocycles. The van der Waals surface area contributed by atoms with Crippen molar-refractivity contribution >= 4 is 17.9 Å². The molecule has 0 spiro atoms. The Balaban J connectivity index is 2.01. The molecule has 7 heteroatoms. The summed E-state index contributed by atoms with van der Waals surface area (Å²) in [5.74, 6) is -1.07. The van der Waals surface area contributed by atoms with Gasteiger partial charge in [0, 0.05) is 18.6 Å². The van der Waals surface area contributed by atoms with E-state index >= 15 is 0 Å². The molecule has 0 bridgehead atoms. The molecule has 0 aromatic rings. The van der Waals surface area contributed by atoms with Crippen LogP contribution in [0.4, 0.5) is 4.79 Å². The van der Waals surface area contributed by atoms with E-state index in [4.69, 9.17) is 5.11 Å². The Kier molecular flexibility index (Phi) is 3.87. The molecule has 7 nitrogen and oxygen atoms in total. The fourth-order valence-electron chi connectivity index (χ4n) is 2.99. The van der Waals surface area contributed by atoms with E-state index < -0.39 is 11.5 Å². The van der Waals surface area contributed by atoms with Crippen LogP contribution in [0.1, 0.15) is 33.1 Å². The number of carboxylic acid groups (broad SMARTS) is 1. The lowest BCUT2D eigenvalue weighted by atomic mass is 9.91. The number of carbonyl (C=O) groups excluding carboxylic acids is 2. The van der Waals surface area contributed by atoms with Gasteiger partial charge in [-0.3, -0.25) is 9.59 Å². The van der Waals surface area contributed by atoms with Crippen molar-refractivity contribution in [2.24, 2.45) is 5.92 Å². The maximum Gasteiger partial charge on any atom is 0.318 e. The molecular formula is C13H21N3O4. The molecule has 2 heterocycles. The Hall–Kier alpha value is -1.79. The number of amides is 3. The molecular weight excluding hydrogens is 262 g/mol. The highest BCUT2D eigenvalue weighted by molar-refractivity contribution is 5.84. The number of carbonyl (C=O) groups is 3. The molecule has 0 aromatic heterocycles. The maximum atomic E-state index is 12.3. The van der Waals surface area contributed by atoms with Crippen LogP contribution in [0.2, 0.25) is 0 Å². The first-order chi connectivity index (χ1) is 9.30. The maximum absolute atomic E-state index is 12.3. The Morgan fingerprint density at radius 2 is 2.20 bits per heavy atom. The van der Waals surface area contributed by atoms with E-state index in [2.05, 4.69) is 10.6 Å². The molecule has 2 aliphatic rings. The Bertz CT molecular complexity index is 435. The minimum Gasteiger partial charge on any atom is -0.481 e. The van der Waals surface area contributed by atoms with E-state index in [9.17, 15) is 14.4 Å². The largest absolute Gasteiger partial charge is 0.481 e. The summed E-state index contributed by atoms with van der Waals surface area (Å²) in [6, 6.07) is -0.403. The van der Waals surface area contributed by atoms with Gasteiger partial charge in [-0.05, 0) is 26.7 Å². The molecule has 3 amide bonds. The second-order valence-electron chi connectivity index (χ2n) is 6.14. The predicted octanol–water partition coefficient (Wildman–Crippen LogP) is 0.160. The van der Waals surface area contributed by atoms with Crippen molar-refractivity contribution in [1.29, 1.82) is 0 Å². The minimum absolute atomic E-state index is 0.0114. The van der Waals surface area contributed by atoms with Gasteiger partial charge >= 0.3 is 12.0 Å². The fraction of sp³-hybridized carbons (Fsp3) is 0.769. The molecule has 2 fully saturated rings. The summed E-state index contributed by atoms with van der Waals surface area (Å²) in [4.78, 5) is 36.4. The standard InChI is InChI=1S/C13H21N3O4/c1-13(2,6-10(17)18)15-12(20)16-5-3-4-8-9(16)7-14-11(8)19/h8-9H,3-7H2,1-2H3,(H,14,19)(H,15,20)(H,17,18). The van der Waals surface area contributed by atoms with E-state index in [1.807, 2.05) is 0 Å². The summed E-state index contributed by atoms with van der Waals surface area (Å²) in [5.41, 5.74) is -0.814. The third kappa shape index (κ3) is 3.02. The van der Waals surface area contributed by atoms with Crippen LogP contribution in [0, 0.1) is 5.92 Å². The van der Waals surface area contributed by atoms with Crippen LogP contribution in [0.3, 0.4) is 0 Å². The van der Waals surface area contributed by atoms with Crippen molar-refractivity contribution in [1.82, 2.24) is 15.5 Å². The summed E-state index contributed by atoms with van der Waals surface area (Å²) in [6.07, 6.45) is 1.46. The lowest BCUT2D eigenvalue weighted by Gasteiger charge is -2.38. The predicted molar refractivity (Wildman–Crippen MR) is 71.1 cm³/mol. The number of urea groups is 1. The number of carboxylic acids is 1. The lowest BCUT2D eigenvalue weighted by Crippen LogP contribution is -2.57. The molecule has 0 saturated carbocycles. The van der Waals surface area contributed by atoms with Gasteiger partial charge in [0.15, 0.2) is 0 Å². The number of nitrogens with one attached hydrogen (secondary N) is 2. The first-order valence-electron chi connectivity index (χ1n) is 6.88. The number of likely N-dealkylation sites (tertiary alicyclic amines) is 1. The molecule has 2 aliphatic heterocycles. The van der Waals surface area contributed by atoms with Crippen LogP contribution < -0.4 is 10.6 Å². The molecule has 0 aromatic carbocycles. The molecule has 2 atom stereocenters. The van der Waals surface area contributed by atoms with E-state index in [0.717, 1.165) is 12.8 Å². The zero-order chi connectivity index (χ0) is 14.9. The van der Waals surface area contributed by atoms with Gasteiger partial charge in [0.1, 0.15) is 0 Å². The topological polar surface area (TPSA) is 98.7 Å². The van der Waals surface area contributed by atoms with Crippen molar-refractivity contribution in [2.75, 3.05) is 13.1 Å². The summed E-state index contributed by atoms with van der Waals surface area (Å²) >= 11 is 0. The number of hydrogen-bond donors (Lipinski definition) is 3. The first-order valence-corrected chi connectivity index (χ1v) is 6.88. The van der Waals surface area contributed by atoms with Crippen molar-refractivity contribution in [2.45, 2.75) is 44.7 Å². The van der Waals surface area contributed by atoms with Gasteiger partial charge in [0.05, 0.1) is 18.4 Å². The number of fused-ring (bicyclic) bond motifs is 1. The first kappa shape index (κ1) is 14.6. The van der Waals surface area contributed by atoms with Crippen molar-refractivity contribution < 1.29 is 19.5 Å². The Morgan fingerprint density at radius 3 is 2.85 bits per heavy atom. The number of hydrogen-bond acceptors (Lipinski definition) is 3. The van der Waals surface area contributed by atoms with Crippen LogP contribution in [0.25, 0.3) is 0 Å². The average molecular weight is 283 g/mol. The van der Waals surface area contributed by atoms with Crippen molar-refractivity contribution in [3.8, 4) is 0 Å². The Labute approximate surface area is 117 Å². The highest BCUT2D eigenvalue weighted by Crippen LogP contribution is 2.27. The zero-order valence-electron chi connectivity index (χ0n) is 11.8. The highest BCUT2D eigenvalue weighted by atomic mass is 16.4. The van der Waals surface area contributed by atoms with Gasteiger partial charge in [-0.2, -0.15) is 0 Å². The second-order valence-corrected chi connectivity index (χ2v) is 6.14. The van der Waals surface area contributed by atoms with Gasteiger partial charge in [-0.1, -0.05) is 0 Å². The van der Waals surface area contributed by atoms with Crippen LogP contribution in [-0.2, 0) is 9.59 Å². The molecule has 0 aliphatic carbocycles. The molecule has 3 N–H and O–H groups in total. The lowest BCUT2D eigenvalue weighted by molar-refractivity contribution is -0.138. The number of nitrogens with zero attached hydrogens (tertiary/aromatic N) is 1. The molecule has 20 heavy (non-hydrogen) atoms. The van der Waals surface area contributed by atoms with Crippen LogP contribution in [0.5, 0.6) is 0 Å². The average Bonchev–Trinajstić information content (AvgIpc) is 2.69. The molecule has 0 radical (unpaired) electrons. The van der Waals surface area contributed by atoms with Crippen molar-refractivity contribution in [3.05, 3.63) is 0 Å². The van der Waals surface area contributed by atoms with Crippen LogP contribution >= 0.6 is 0 Å². The SMILES string of the molecule is CC(C)(CC(=O)O)NC(=O)N1CCCC2C(=O)NCC21. The summed E-state index contributed by atoms with van der Waals surface area (Å²) < 4.78 is 0. The zero-order valence-corrected chi connectivity index (χ0v) is 11.8. The van der Waals surface area contributed by atoms with E-state index in [1.165, 1.54) is 0 Å². The normalized spacial score (nSPS) is 25.9. The number of piperidine rings is 1. The van der Waals surface area contributed by atoms with E-state index in [1.54, 1.807) is 18.7 Å². The third-order valence-corrected chi connectivity index (χ3v) is 3.90. The quantitative estimate of drug-likeness (QED) is 0.687. The summed E-state index contributed by atoms with van der Waals surface area (Å²) in [7, 11) is 0. The molecule has 2 unspecified atom stereocenters. The van der Waals surface area contributed by atoms with E-state index in [0.29, 0.717) is 13.1 Å². The molecule has 112 valence electrons. The van der Waals surface area contributed by atoms with Gasteiger partial charge in [0.2, 0.25) is 5.91 Å². The van der Waals surface area contributed by atoms with Gasteiger partial charge in [-0.15, -0.1) is 0 Å². The highest BCUT2D eigenvalue weighted by Gasteiger charge is 2.43. The summed E-state index contributed by atoms with van der Waals surface area (Å²) in [5, 5.41) is 14.4. The van der Waals surface area contributed by atoms with Gasteiger partial charge < -0.3 is 20.6 Å². The van der Waals surface area contributed by atoms with Crippen molar-refractivity contribution in [3.63, 3.8) is 0 Å². The number of rotatable bonds is 3. The fourth-order valence-corrected chi connectivity index (χ4v) is 2.99. The second kappa shape index (κ2) is 5.30. The molecule has 2 rings (SSSR count). The van der Waals surface area contributed by atoms with Crippen LogP contribution in [-0.4, -0.2) is 52.6 Å². The van der Waals surface area contributed by atoms with Gasteiger partial charge in [-0.25, -0.2) is 4.79 Å². The Morgan fingerprint density at radius 1 is 1.50 bits per heavy atom. The van der Waals surface area contributed by atoms with Gasteiger partial charge in [0.25, 0.3) is 0 Å². The van der Waals surface area contributed by atoms with Crippen LogP contribution in [0.15, 0.2) is 0 Å². The van der Waals surface area contributed by atoms with E-state index in [-0.39, 0.29) is 30.3 Å². The smallest absolute Gasteiger partial charge is 0.318 e. The minimum atomic E-state index is -0.954.